The van der Waals surface area contributed by atoms with Crippen LogP contribution in [0.3, 0.4) is 0 Å². The Kier molecular flexibility index (Phi) is 6.28. The highest BCUT2D eigenvalue weighted by Gasteiger charge is 2.91. The molecule has 0 aliphatic carbocycles. The summed E-state index contributed by atoms with van der Waals surface area (Å²) >= 11 is 0. The van der Waals surface area contributed by atoms with Gasteiger partial charge in [-0.1, -0.05) is 31.2 Å². The average molecular weight is 454 g/mol. The van der Waals surface area contributed by atoms with Crippen LogP contribution >= 0.6 is 0 Å². The first-order chi connectivity index (χ1) is 12.7. The minimum Gasteiger partial charge on any atom is -0.382 e. The van der Waals surface area contributed by atoms with E-state index in [2.05, 4.69) is 0 Å². The van der Waals surface area contributed by atoms with Crippen molar-refractivity contribution in [2.75, 3.05) is 0 Å². The molecule has 0 heterocycles. The topological polar surface area (TPSA) is 20.2 Å². The fraction of sp³-hybridized carbons (Fsp3) is 0.600. The van der Waals surface area contributed by atoms with Crippen LogP contribution in [0.2, 0.25) is 0 Å². The average Bonchev–Trinajstić information content (AvgIpc) is 2.59. The fourth-order valence-electron chi connectivity index (χ4n) is 2.15. The Hall–Kier alpha value is -1.73. The highest BCUT2D eigenvalue weighted by Crippen LogP contribution is 2.61. The van der Waals surface area contributed by atoms with Gasteiger partial charge in [0, 0.05) is 0 Å². The molecule has 168 valence electrons. The molecule has 0 spiro atoms. The van der Waals surface area contributed by atoms with E-state index >= 15 is 0 Å². The maximum atomic E-state index is 13.9. The van der Waals surface area contributed by atoms with E-state index in [0.29, 0.717) is 12.1 Å². The first-order valence-corrected chi connectivity index (χ1v) is 7.42. The van der Waals surface area contributed by atoms with Crippen LogP contribution < -0.4 is 0 Å². The zero-order valence-corrected chi connectivity index (χ0v) is 14.0. The van der Waals surface area contributed by atoms with Crippen molar-refractivity contribution in [2.45, 2.75) is 55.2 Å². The van der Waals surface area contributed by atoms with Crippen molar-refractivity contribution in [3.63, 3.8) is 0 Å². The molecule has 1 aromatic carbocycles. The number of aliphatic hydroxyl groups excluding tert-OH is 1. The molecule has 0 aliphatic rings. The second kappa shape index (κ2) is 7.20. The number of benzene rings is 1. The summed E-state index contributed by atoms with van der Waals surface area (Å²) in [5, 5.41) is 9.38. The number of hydrogen-bond acceptors (Lipinski definition) is 1. The number of halogens is 13. The van der Waals surface area contributed by atoms with Crippen LogP contribution in [0, 0.1) is 0 Å². The lowest BCUT2D eigenvalue weighted by molar-refractivity contribution is -0.444. The molecule has 0 aromatic heterocycles. The van der Waals surface area contributed by atoms with Gasteiger partial charge in [0.15, 0.2) is 0 Å². The van der Waals surface area contributed by atoms with E-state index in [-0.39, 0.29) is 12.0 Å². The third-order valence-corrected chi connectivity index (χ3v) is 3.98. The van der Waals surface area contributed by atoms with Crippen LogP contribution in [0.5, 0.6) is 0 Å². The summed E-state index contributed by atoms with van der Waals surface area (Å²) in [5.41, 5.74) is -1.09. The summed E-state index contributed by atoms with van der Waals surface area (Å²) in [6.45, 7) is 1.42. The summed E-state index contributed by atoms with van der Waals surface area (Å²) in [7, 11) is 0. The summed E-state index contributed by atoms with van der Waals surface area (Å²) in [5.74, 6) is -37.8. The third kappa shape index (κ3) is 3.63. The van der Waals surface area contributed by atoms with Gasteiger partial charge in [0.05, 0.1) is 0 Å². The molecule has 0 saturated carbocycles. The van der Waals surface area contributed by atoms with Crippen molar-refractivity contribution in [3.05, 3.63) is 35.4 Å². The Morgan fingerprint density at radius 2 is 1.17 bits per heavy atom. The standard InChI is InChI=1S/C15H11F13O/c1-2-7-4-3-5-8(6-7)9(29)10(16,17)11(18,19)12(20,21)13(22,23)14(24,25)15(26,27)28/h3-6,9,29H,2H2,1H3. The van der Waals surface area contributed by atoms with E-state index in [1.165, 1.54) is 13.0 Å². The lowest BCUT2D eigenvalue weighted by Crippen LogP contribution is -2.70. The van der Waals surface area contributed by atoms with E-state index in [0.717, 1.165) is 6.07 Å². The number of rotatable bonds is 7. The van der Waals surface area contributed by atoms with E-state index in [4.69, 9.17) is 0 Å². The molecule has 1 atom stereocenters. The predicted molar refractivity (Wildman–Crippen MR) is 71.6 cm³/mol. The monoisotopic (exact) mass is 454 g/mol. The zero-order valence-electron chi connectivity index (χ0n) is 14.0. The smallest absolute Gasteiger partial charge is 0.382 e. The minimum atomic E-state index is -7.99. The van der Waals surface area contributed by atoms with Crippen molar-refractivity contribution in [1.29, 1.82) is 0 Å². The van der Waals surface area contributed by atoms with Crippen molar-refractivity contribution in [1.82, 2.24) is 0 Å². The molecule has 0 aliphatic heterocycles. The van der Waals surface area contributed by atoms with Gasteiger partial charge in [-0.3, -0.25) is 0 Å². The van der Waals surface area contributed by atoms with Crippen molar-refractivity contribution in [3.8, 4) is 0 Å². The zero-order chi connectivity index (χ0) is 23.3. The maximum Gasteiger partial charge on any atom is 0.460 e. The number of hydrogen-bond donors (Lipinski definition) is 1. The highest BCUT2D eigenvalue weighted by molar-refractivity contribution is 5.28. The fourth-order valence-corrected chi connectivity index (χ4v) is 2.15. The van der Waals surface area contributed by atoms with Crippen molar-refractivity contribution >= 4 is 0 Å². The van der Waals surface area contributed by atoms with Crippen molar-refractivity contribution in [2.24, 2.45) is 0 Å². The molecule has 1 unspecified atom stereocenters. The molecule has 0 bridgehead atoms. The predicted octanol–water partition coefficient (Wildman–Crippen LogP) is 6.02. The summed E-state index contributed by atoms with van der Waals surface area (Å²) in [6.07, 6.45) is -11.3. The lowest BCUT2D eigenvalue weighted by Gasteiger charge is -2.40. The van der Waals surface area contributed by atoms with Crippen LogP contribution in [0.15, 0.2) is 24.3 Å². The summed E-state index contributed by atoms with van der Waals surface area (Å²) < 4.78 is 170. The van der Waals surface area contributed by atoms with E-state index < -0.39 is 47.5 Å². The number of aryl methyl sites for hydroxylation is 1. The highest BCUT2D eigenvalue weighted by atomic mass is 19.4. The van der Waals surface area contributed by atoms with Gasteiger partial charge >= 0.3 is 35.8 Å². The summed E-state index contributed by atoms with van der Waals surface area (Å²) in [6, 6.07) is 3.24. The molecule has 1 N–H and O–H groups in total. The van der Waals surface area contributed by atoms with Crippen molar-refractivity contribution < 1.29 is 62.2 Å². The van der Waals surface area contributed by atoms with Gasteiger partial charge in [0.25, 0.3) is 0 Å². The Labute approximate surface area is 154 Å². The SMILES string of the molecule is CCc1cccc(C(O)C(F)(F)C(F)(F)C(F)(F)C(F)(F)C(F)(F)C(F)(F)F)c1. The first-order valence-electron chi connectivity index (χ1n) is 7.42. The second-order valence-electron chi connectivity index (χ2n) is 5.92. The van der Waals surface area contributed by atoms with Gasteiger partial charge in [-0.2, -0.15) is 57.1 Å². The van der Waals surface area contributed by atoms with Crippen LogP contribution in [0.1, 0.15) is 24.2 Å². The molecule has 0 fully saturated rings. The Morgan fingerprint density at radius 1 is 0.724 bits per heavy atom. The molecule has 1 rings (SSSR count). The Balaban J connectivity index is 3.52. The molecule has 1 nitrogen and oxygen atoms in total. The van der Waals surface area contributed by atoms with E-state index in [1.54, 1.807) is 0 Å². The third-order valence-electron chi connectivity index (χ3n) is 3.98. The minimum absolute atomic E-state index is 0.0640. The van der Waals surface area contributed by atoms with Crippen LogP contribution in [0.25, 0.3) is 0 Å². The lowest BCUT2D eigenvalue weighted by atomic mass is 9.89. The number of alkyl halides is 13. The first kappa shape index (κ1) is 25.3. The largest absolute Gasteiger partial charge is 0.460 e. The van der Waals surface area contributed by atoms with Gasteiger partial charge in [-0.15, -0.1) is 0 Å². The van der Waals surface area contributed by atoms with Gasteiger partial charge in [-0.25, -0.2) is 0 Å². The Bertz CT molecular complexity index is 723. The molecule has 0 radical (unpaired) electrons. The van der Waals surface area contributed by atoms with Gasteiger partial charge in [-0.05, 0) is 17.5 Å². The normalized spacial score (nSPS) is 16.1. The van der Waals surface area contributed by atoms with Gasteiger partial charge < -0.3 is 5.11 Å². The van der Waals surface area contributed by atoms with Gasteiger partial charge in [0.1, 0.15) is 6.10 Å². The Morgan fingerprint density at radius 3 is 1.59 bits per heavy atom. The molecule has 29 heavy (non-hydrogen) atoms. The van der Waals surface area contributed by atoms with Crippen LogP contribution in [-0.2, 0) is 6.42 Å². The number of aliphatic hydroxyl groups is 1. The molecule has 0 amide bonds. The van der Waals surface area contributed by atoms with Crippen LogP contribution in [-0.4, -0.2) is 40.9 Å². The van der Waals surface area contributed by atoms with E-state index in [9.17, 15) is 62.2 Å². The summed E-state index contributed by atoms with van der Waals surface area (Å²) in [4.78, 5) is 0. The molecular formula is C15H11F13O. The molecule has 0 saturated heterocycles. The van der Waals surface area contributed by atoms with Crippen LogP contribution in [0.4, 0.5) is 57.1 Å². The maximum absolute atomic E-state index is 13.9. The second-order valence-corrected chi connectivity index (χ2v) is 5.92. The molecular weight excluding hydrogens is 443 g/mol. The van der Waals surface area contributed by atoms with E-state index in [1.807, 2.05) is 0 Å². The van der Waals surface area contributed by atoms with Gasteiger partial charge in [0.2, 0.25) is 0 Å². The molecule has 14 heteroatoms. The quantitative estimate of drug-likeness (QED) is 0.500. The molecule has 1 aromatic rings.